The van der Waals surface area contributed by atoms with Crippen molar-refractivity contribution >= 4 is 84.0 Å². The number of hydrogen-bond acceptors (Lipinski definition) is 17. The number of hydrogen-bond donors (Lipinski definition) is 8. The second kappa shape index (κ2) is 38.0. The van der Waals surface area contributed by atoms with Crippen molar-refractivity contribution in [3.63, 3.8) is 0 Å². The molecule has 4 rings (SSSR count). The number of pyridine rings is 1. The van der Waals surface area contributed by atoms with Crippen LogP contribution < -0.4 is 35.5 Å². The van der Waals surface area contributed by atoms with Crippen LogP contribution in [0.15, 0.2) is 54.7 Å². The number of nitrogens with one attached hydrogen (secondary N) is 5. The Morgan fingerprint density at radius 1 is 0.741 bits per heavy atom. The summed E-state index contributed by atoms with van der Waals surface area (Å²) >= 11 is 0. The SMILES string of the molecule is CCC(=O)O.CCCCCN(CCN(CCN(CCC)CC(=O)O)CC(=O)O)CC(=O)NCCNC(=O)CCC(NC(=O)CCc1cccc(OS(=O)(=O)F)c1)C(=O)NCCOc1ccc2nccc(C(=O)NCC(=O)N3CCC(F)(P)C3)c2c1. The van der Waals surface area contributed by atoms with E-state index in [1.807, 2.05) is 18.7 Å². The van der Waals surface area contributed by atoms with Gasteiger partial charge in [0.15, 0.2) is 0 Å². The molecule has 0 saturated carbocycles. The largest absolute Gasteiger partial charge is 0.492 e. The summed E-state index contributed by atoms with van der Waals surface area (Å²) in [4.78, 5) is 122. The molecule has 3 unspecified atom stereocenters. The van der Waals surface area contributed by atoms with E-state index in [1.165, 1.54) is 35.4 Å². The first-order chi connectivity index (χ1) is 40.3. The Balaban J connectivity index is 0.00000362. The van der Waals surface area contributed by atoms with Crippen molar-refractivity contribution in [1.29, 1.82) is 0 Å². The molecule has 3 aromatic rings. The number of alkyl halides is 1. The smallest absolute Gasteiger partial charge is 0.488 e. The van der Waals surface area contributed by atoms with Crippen molar-refractivity contribution < 1.29 is 84.1 Å². The second-order valence-corrected chi connectivity index (χ2v) is 22.0. The number of amides is 6. The lowest BCUT2D eigenvalue weighted by atomic mass is 10.1. The molecule has 0 aliphatic carbocycles. The van der Waals surface area contributed by atoms with Crippen LogP contribution in [0.2, 0.25) is 0 Å². The number of unbranched alkanes of at least 4 members (excludes halogenated alkanes) is 2. The van der Waals surface area contributed by atoms with E-state index in [1.54, 1.807) is 41.0 Å². The number of nitrogens with zero attached hydrogens (tertiary/aromatic N) is 5. The fourth-order valence-corrected chi connectivity index (χ4v) is 9.28. The average molecular weight is 1240 g/mol. The van der Waals surface area contributed by atoms with Gasteiger partial charge in [0.05, 0.1) is 50.3 Å². The zero-order chi connectivity index (χ0) is 63.0. The molecular weight excluding hydrogens is 1160 g/mol. The summed E-state index contributed by atoms with van der Waals surface area (Å²) in [5, 5.41) is 38.8. The Kier molecular flexibility index (Phi) is 32.2. The summed E-state index contributed by atoms with van der Waals surface area (Å²) in [5.41, 5.74) is 1.08. The van der Waals surface area contributed by atoms with Gasteiger partial charge in [0.2, 0.25) is 29.5 Å². The molecule has 3 atom stereocenters. The van der Waals surface area contributed by atoms with Crippen LogP contribution in [-0.4, -0.2) is 218 Å². The summed E-state index contributed by atoms with van der Waals surface area (Å²) in [5.74, 6) is -5.81. The minimum atomic E-state index is -5.30. The van der Waals surface area contributed by atoms with Gasteiger partial charge >= 0.3 is 28.4 Å². The number of halogens is 2. The highest BCUT2D eigenvalue weighted by Crippen LogP contribution is 2.32. The number of benzene rings is 2. The van der Waals surface area contributed by atoms with Crippen LogP contribution in [-0.2, 0) is 55.3 Å². The van der Waals surface area contributed by atoms with Gasteiger partial charge in [-0.25, -0.2) is 4.39 Å². The zero-order valence-electron chi connectivity index (χ0n) is 48.3. The summed E-state index contributed by atoms with van der Waals surface area (Å²) in [6, 6.07) is 10.5. The number of aryl methyl sites for hydroxylation is 1. The lowest BCUT2D eigenvalue weighted by molar-refractivity contribution is -0.140. The van der Waals surface area contributed by atoms with E-state index in [-0.39, 0.29) is 121 Å². The zero-order valence-corrected chi connectivity index (χ0v) is 50.3. The molecule has 1 aromatic heterocycles. The van der Waals surface area contributed by atoms with Crippen LogP contribution in [0.1, 0.15) is 94.5 Å². The van der Waals surface area contributed by atoms with Gasteiger partial charge in [-0.15, -0.1) is 0 Å². The van der Waals surface area contributed by atoms with E-state index < -0.39 is 69.4 Å². The highest BCUT2D eigenvalue weighted by molar-refractivity contribution is 7.81. The Morgan fingerprint density at radius 2 is 1.39 bits per heavy atom. The van der Waals surface area contributed by atoms with E-state index in [0.29, 0.717) is 61.5 Å². The quantitative estimate of drug-likeness (QED) is 0.0230. The lowest BCUT2D eigenvalue weighted by Crippen LogP contribution is -2.48. The Morgan fingerprint density at radius 3 is 1.99 bits per heavy atom. The van der Waals surface area contributed by atoms with E-state index >= 15 is 0 Å². The predicted octanol–water partition coefficient (Wildman–Crippen LogP) is 2.11. The third-order valence-electron chi connectivity index (χ3n) is 12.9. The van der Waals surface area contributed by atoms with Gasteiger partial charge in [-0.1, -0.05) is 58.9 Å². The van der Waals surface area contributed by atoms with Crippen LogP contribution in [0.5, 0.6) is 11.5 Å². The molecule has 2 heterocycles. The van der Waals surface area contributed by atoms with Gasteiger partial charge in [-0.05, 0) is 80.7 Å². The molecule has 472 valence electrons. The standard InChI is InChI=1S/C52H75F2N10O14PS.C3H6O2/c1-3-5-6-23-62(26-28-63(35-49(71)72)27-25-61(22-4-2)34-48(69)70)33-46(67)57-20-19-56-44(65)15-13-43(60-45(66)14-10-37-8-7-9-39(30-37)78-80(54,75)76)51(74)58-21-29-77-38-11-12-42-41(31-38)40(16-18-55-42)50(73)59-32-47(68)64-24-17-52(53,79)36-64;1-2-3(4)5/h7-9,11-12,16,18,30-31,43H,3-6,10,13-15,17,19-29,32-36,79H2,1-2H3,(H,56,65)(H,57,67)(H,58,74)(H,59,73)(H,60,66)(H,69,70)(H,71,72);2H2,1H3,(H,4,5). The van der Waals surface area contributed by atoms with Crippen molar-refractivity contribution in [3.05, 3.63) is 65.9 Å². The van der Waals surface area contributed by atoms with E-state index in [0.717, 1.165) is 25.7 Å². The first-order valence-corrected chi connectivity index (χ1v) is 29.9. The fourth-order valence-electron chi connectivity index (χ4n) is 8.60. The fraction of sp³-hybridized carbons (Fsp3) is 0.564. The first-order valence-electron chi connectivity index (χ1n) is 28.0. The Bertz CT molecular complexity index is 2820. The third kappa shape index (κ3) is 30.4. The molecule has 8 N–H and O–H groups in total. The number of fused-ring (bicyclic) bond motifs is 1. The van der Waals surface area contributed by atoms with Crippen molar-refractivity contribution in [1.82, 2.24) is 51.2 Å². The monoisotopic (exact) mass is 1240 g/mol. The normalized spacial score (nSPS) is 14.2. The van der Waals surface area contributed by atoms with Gasteiger partial charge in [0.1, 0.15) is 29.6 Å². The molecule has 85 heavy (non-hydrogen) atoms. The van der Waals surface area contributed by atoms with Gasteiger partial charge < -0.3 is 55.7 Å². The summed E-state index contributed by atoms with van der Waals surface area (Å²) in [6.45, 7) is 7.40. The molecule has 26 nitrogen and oxygen atoms in total. The molecule has 0 spiro atoms. The molecule has 1 fully saturated rings. The molecule has 6 amide bonds. The van der Waals surface area contributed by atoms with E-state index in [4.69, 9.17) is 9.84 Å². The van der Waals surface area contributed by atoms with Crippen LogP contribution in [0.3, 0.4) is 0 Å². The molecule has 2 aromatic carbocycles. The number of likely N-dealkylation sites (tertiary alicyclic amines) is 1. The summed E-state index contributed by atoms with van der Waals surface area (Å²) < 4.78 is 59.6. The van der Waals surface area contributed by atoms with Gasteiger partial charge in [-0.3, -0.25) is 62.8 Å². The molecule has 30 heteroatoms. The van der Waals surface area contributed by atoms with Crippen LogP contribution in [0.4, 0.5) is 8.28 Å². The Hall–Kier alpha value is -7.20. The predicted molar refractivity (Wildman–Crippen MR) is 312 cm³/mol. The molecule has 0 bridgehead atoms. The maximum absolute atomic E-state index is 14.3. The molecule has 0 radical (unpaired) electrons. The van der Waals surface area contributed by atoms with Crippen LogP contribution >= 0.6 is 9.24 Å². The highest BCUT2D eigenvalue weighted by atomic mass is 32.3. The number of ether oxygens (including phenoxy) is 1. The van der Waals surface area contributed by atoms with Crippen LogP contribution in [0, 0.1) is 0 Å². The van der Waals surface area contributed by atoms with Crippen molar-refractivity contribution in [2.45, 2.75) is 96.4 Å². The molecular formula is C55H81F2N10O16PS. The maximum Gasteiger partial charge on any atom is 0.488 e. The summed E-state index contributed by atoms with van der Waals surface area (Å²) in [6.07, 6.45) is 4.68. The Labute approximate surface area is 496 Å². The number of carboxylic acids is 3. The first kappa shape index (κ1) is 72.1. The number of carbonyl (C=O) groups is 9. The van der Waals surface area contributed by atoms with Crippen molar-refractivity contribution in [2.24, 2.45) is 0 Å². The highest BCUT2D eigenvalue weighted by Gasteiger charge is 2.36. The molecule has 1 saturated heterocycles. The number of carboxylic acid groups (broad SMARTS) is 3. The van der Waals surface area contributed by atoms with Crippen molar-refractivity contribution in [3.8, 4) is 11.5 Å². The number of aliphatic carboxylic acids is 3. The molecule has 1 aliphatic rings. The van der Waals surface area contributed by atoms with Crippen molar-refractivity contribution in [2.75, 3.05) is 105 Å². The van der Waals surface area contributed by atoms with E-state index in [2.05, 4.69) is 45.0 Å². The second-order valence-electron chi connectivity index (χ2n) is 20.0. The number of rotatable bonds is 39. The van der Waals surface area contributed by atoms with Gasteiger partial charge in [0.25, 0.3) is 5.91 Å². The lowest BCUT2D eigenvalue weighted by Gasteiger charge is -2.28. The maximum atomic E-state index is 14.3. The third-order valence-corrected chi connectivity index (χ3v) is 13.8. The minimum Gasteiger partial charge on any atom is -0.492 e. The summed E-state index contributed by atoms with van der Waals surface area (Å²) in [7, 11) is -3.20. The molecule has 1 aliphatic heterocycles. The van der Waals surface area contributed by atoms with E-state index in [9.17, 15) is 70.1 Å². The topological polar surface area (TPSA) is 353 Å². The number of carbonyl (C=O) groups excluding carboxylic acids is 6. The van der Waals surface area contributed by atoms with Gasteiger partial charge in [0, 0.05) is 83.1 Å². The van der Waals surface area contributed by atoms with Gasteiger partial charge in [-0.2, -0.15) is 8.42 Å². The average Bonchev–Trinajstić information content (AvgIpc) is 3.98. The minimum absolute atomic E-state index is 0.00657. The number of aromatic nitrogens is 1. The van der Waals surface area contributed by atoms with Crippen LogP contribution in [0.25, 0.3) is 10.9 Å².